The molecule has 0 radical (unpaired) electrons. The van der Waals surface area contributed by atoms with Gasteiger partial charge in [-0.3, -0.25) is 4.79 Å². The number of carbonyl (C=O) groups excluding carboxylic acids is 1. The molecule has 0 unspecified atom stereocenters. The fourth-order valence-electron chi connectivity index (χ4n) is 1.64. The summed E-state index contributed by atoms with van der Waals surface area (Å²) >= 11 is 0. The third kappa shape index (κ3) is 3.03. The van der Waals surface area contributed by atoms with Crippen LogP contribution in [0.3, 0.4) is 0 Å². The maximum Gasteiger partial charge on any atom is 0.255 e. The third-order valence-corrected chi connectivity index (χ3v) is 2.65. The van der Waals surface area contributed by atoms with Gasteiger partial charge in [0.15, 0.2) is 0 Å². The molecule has 5 nitrogen and oxygen atoms in total. The van der Waals surface area contributed by atoms with Crippen LogP contribution in [0.5, 0.6) is 11.5 Å². The topological polar surface area (TPSA) is 60.5 Å². The molecule has 1 heterocycles. The van der Waals surface area contributed by atoms with Gasteiger partial charge in [-0.15, -0.1) is 0 Å². The van der Waals surface area contributed by atoms with E-state index in [-0.39, 0.29) is 5.56 Å². The highest BCUT2D eigenvalue weighted by molar-refractivity contribution is 6.05. The Balaban J connectivity index is 2.23. The number of hydrogen-bond donors (Lipinski definition) is 1. The van der Waals surface area contributed by atoms with Crippen LogP contribution in [0.2, 0.25) is 0 Å². The standard InChI is InChI=1S/C14H13FN2O3/c1-19-10-3-4-11(12(8-10)20-2)17-14(18)9-5-6-16-13(15)7-9/h3-8H,1-2H3,(H,17,18). The Kier molecular flexibility index (Phi) is 4.14. The van der Waals surface area contributed by atoms with Gasteiger partial charge in [0.25, 0.3) is 5.91 Å². The van der Waals surface area contributed by atoms with Gasteiger partial charge in [0.05, 0.1) is 19.9 Å². The smallest absolute Gasteiger partial charge is 0.255 e. The molecule has 1 aromatic heterocycles. The van der Waals surface area contributed by atoms with Gasteiger partial charge in [-0.25, -0.2) is 4.98 Å². The Labute approximate surface area is 115 Å². The molecule has 1 N–H and O–H groups in total. The second-order valence-electron chi connectivity index (χ2n) is 3.89. The lowest BCUT2D eigenvalue weighted by atomic mass is 10.2. The molecule has 0 bridgehead atoms. The molecule has 0 saturated carbocycles. The number of benzene rings is 1. The molecule has 0 atom stereocenters. The molecular formula is C14H13FN2O3. The molecule has 1 amide bonds. The third-order valence-electron chi connectivity index (χ3n) is 2.65. The summed E-state index contributed by atoms with van der Waals surface area (Å²) < 4.78 is 23.2. The zero-order valence-electron chi connectivity index (χ0n) is 11.0. The van der Waals surface area contributed by atoms with Crippen molar-refractivity contribution in [2.45, 2.75) is 0 Å². The number of ether oxygens (including phenoxy) is 2. The lowest BCUT2D eigenvalue weighted by Gasteiger charge is -2.11. The van der Waals surface area contributed by atoms with Crippen molar-refractivity contribution in [2.75, 3.05) is 19.5 Å². The van der Waals surface area contributed by atoms with Gasteiger partial charge in [-0.05, 0) is 18.2 Å². The molecule has 0 saturated heterocycles. The average molecular weight is 276 g/mol. The predicted octanol–water partition coefficient (Wildman–Crippen LogP) is 2.49. The number of nitrogens with zero attached hydrogens (tertiary/aromatic N) is 1. The Hall–Kier alpha value is -2.63. The molecule has 0 aliphatic carbocycles. The SMILES string of the molecule is COc1ccc(NC(=O)c2ccnc(F)c2)c(OC)c1. The van der Waals surface area contributed by atoms with Gasteiger partial charge in [0, 0.05) is 23.9 Å². The van der Waals surface area contributed by atoms with Crippen LogP contribution in [0, 0.1) is 5.95 Å². The minimum Gasteiger partial charge on any atom is -0.497 e. The summed E-state index contributed by atoms with van der Waals surface area (Å²) in [6.07, 6.45) is 1.23. The molecule has 20 heavy (non-hydrogen) atoms. The first-order chi connectivity index (χ1) is 9.63. The molecule has 0 spiro atoms. The van der Waals surface area contributed by atoms with Crippen LogP contribution >= 0.6 is 0 Å². The molecule has 2 aromatic rings. The maximum absolute atomic E-state index is 13.0. The second-order valence-corrected chi connectivity index (χ2v) is 3.89. The summed E-state index contributed by atoms with van der Waals surface area (Å²) in [5.74, 6) is -0.101. The van der Waals surface area contributed by atoms with Crippen LogP contribution < -0.4 is 14.8 Å². The average Bonchev–Trinajstić information content (AvgIpc) is 2.47. The number of anilines is 1. The van der Waals surface area contributed by atoms with Gasteiger partial charge in [-0.1, -0.05) is 0 Å². The van der Waals surface area contributed by atoms with Crippen LogP contribution in [0.4, 0.5) is 10.1 Å². The van der Waals surface area contributed by atoms with Gasteiger partial charge in [0.2, 0.25) is 5.95 Å². The highest BCUT2D eigenvalue weighted by Gasteiger charge is 2.11. The van der Waals surface area contributed by atoms with E-state index in [0.29, 0.717) is 17.2 Å². The summed E-state index contributed by atoms with van der Waals surface area (Å²) in [4.78, 5) is 15.4. The van der Waals surface area contributed by atoms with Crippen LogP contribution in [-0.4, -0.2) is 25.1 Å². The van der Waals surface area contributed by atoms with E-state index < -0.39 is 11.9 Å². The number of pyridine rings is 1. The van der Waals surface area contributed by atoms with Gasteiger partial charge < -0.3 is 14.8 Å². The second kappa shape index (κ2) is 6.01. The molecule has 1 aromatic carbocycles. The number of aromatic nitrogens is 1. The number of halogens is 1. The lowest BCUT2D eigenvalue weighted by molar-refractivity contribution is 0.102. The number of hydrogen-bond acceptors (Lipinski definition) is 4. The highest BCUT2D eigenvalue weighted by atomic mass is 19.1. The normalized spacial score (nSPS) is 9.95. The Morgan fingerprint density at radius 2 is 2.00 bits per heavy atom. The number of methoxy groups -OCH3 is 2. The van der Waals surface area contributed by atoms with E-state index in [1.807, 2.05) is 0 Å². The summed E-state index contributed by atoms with van der Waals surface area (Å²) in [6, 6.07) is 7.46. The monoisotopic (exact) mass is 276 g/mol. The number of nitrogens with one attached hydrogen (secondary N) is 1. The first-order valence-electron chi connectivity index (χ1n) is 5.79. The number of amides is 1. The van der Waals surface area contributed by atoms with E-state index in [9.17, 15) is 9.18 Å². The van der Waals surface area contributed by atoms with E-state index in [1.54, 1.807) is 18.2 Å². The molecule has 0 fully saturated rings. The van der Waals surface area contributed by atoms with Crippen molar-refractivity contribution < 1.29 is 18.7 Å². The van der Waals surface area contributed by atoms with Gasteiger partial charge in [0.1, 0.15) is 11.5 Å². The van der Waals surface area contributed by atoms with E-state index >= 15 is 0 Å². The molecule has 6 heteroatoms. The van der Waals surface area contributed by atoms with Gasteiger partial charge >= 0.3 is 0 Å². The Morgan fingerprint density at radius 1 is 1.20 bits per heavy atom. The summed E-state index contributed by atoms with van der Waals surface area (Å²) in [5, 5.41) is 2.64. The molecular weight excluding hydrogens is 263 g/mol. The molecule has 0 aliphatic heterocycles. The fourth-order valence-corrected chi connectivity index (χ4v) is 1.64. The molecule has 0 aliphatic rings. The first-order valence-corrected chi connectivity index (χ1v) is 5.79. The summed E-state index contributed by atoms with van der Waals surface area (Å²) in [6.45, 7) is 0. The van der Waals surface area contributed by atoms with Crippen molar-refractivity contribution >= 4 is 11.6 Å². The maximum atomic E-state index is 13.0. The minimum absolute atomic E-state index is 0.176. The van der Waals surface area contributed by atoms with Crippen molar-refractivity contribution in [3.8, 4) is 11.5 Å². The zero-order chi connectivity index (χ0) is 14.5. The largest absolute Gasteiger partial charge is 0.497 e. The summed E-state index contributed by atoms with van der Waals surface area (Å²) in [7, 11) is 3.02. The van der Waals surface area contributed by atoms with Crippen molar-refractivity contribution in [1.29, 1.82) is 0 Å². The summed E-state index contributed by atoms with van der Waals surface area (Å²) in [5.41, 5.74) is 0.644. The molecule has 104 valence electrons. The van der Waals surface area contributed by atoms with Crippen molar-refractivity contribution in [3.63, 3.8) is 0 Å². The minimum atomic E-state index is -0.709. The Morgan fingerprint density at radius 3 is 2.65 bits per heavy atom. The highest BCUT2D eigenvalue weighted by Crippen LogP contribution is 2.29. The van der Waals surface area contributed by atoms with Gasteiger partial charge in [-0.2, -0.15) is 4.39 Å². The van der Waals surface area contributed by atoms with Crippen LogP contribution in [-0.2, 0) is 0 Å². The van der Waals surface area contributed by atoms with E-state index in [2.05, 4.69) is 10.3 Å². The first kappa shape index (κ1) is 13.8. The van der Waals surface area contributed by atoms with Crippen molar-refractivity contribution in [1.82, 2.24) is 4.98 Å². The lowest BCUT2D eigenvalue weighted by Crippen LogP contribution is -2.13. The number of rotatable bonds is 4. The van der Waals surface area contributed by atoms with Crippen molar-refractivity contribution in [3.05, 3.63) is 48.0 Å². The zero-order valence-corrected chi connectivity index (χ0v) is 11.0. The quantitative estimate of drug-likeness (QED) is 0.871. The van der Waals surface area contributed by atoms with Crippen LogP contribution in [0.25, 0.3) is 0 Å². The number of carbonyl (C=O) groups is 1. The van der Waals surface area contributed by atoms with E-state index in [1.165, 1.54) is 26.5 Å². The van der Waals surface area contributed by atoms with Crippen LogP contribution in [0.1, 0.15) is 10.4 Å². The van der Waals surface area contributed by atoms with E-state index in [4.69, 9.17) is 9.47 Å². The molecule has 2 rings (SSSR count). The van der Waals surface area contributed by atoms with Crippen LogP contribution in [0.15, 0.2) is 36.5 Å². The predicted molar refractivity (Wildman–Crippen MR) is 71.7 cm³/mol. The van der Waals surface area contributed by atoms with E-state index in [0.717, 1.165) is 6.07 Å². The Bertz CT molecular complexity index is 632. The van der Waals surface area contributed by atoms with Crippen molar-refractivity contribution in [2.24, 2.45) is 0 Å². The fraction of sp³-hybridized carbons (Fsp3) is 0.143.